The van der Waals surface area contributed by atoms with Gasteiger partial charge in [-0.3, -0.25) is 0 Å². The maximum atomic E-state index is 10.9. The summed E-state index contributed by atoms with van der Waals surface area (Å²) in [5, 5.41) is 0. The summed E-state index contributed by atoms with van der Waals surface area (Å²) in [5.41, 5.74) is 0. The fourth-order valence-corrected chi connectivity index (χ4v) is 1.09. The van der Waals surface area contributed by atoms with Gasteiger partial charge >= 0.3 is 5.97 Å². The number of rotatable bonds is 7. The molecule has 3 heteroatoms. The minimum Gasteiger partial charge on any atom is -0.463 e. The first kappa shape index (κ1) is 13.9. The Balaban J connectivity index is 3.74. The summed E-state index contributed by atoms with van der Waals surface area (Å²) < 4.78 is 4.74. The highest BCUT2D eigenvalue weighted by atomic mass is 16.5. The van der Waals surface area contributed by atoms with E-state index in [1.165, 1.54) is 6.08 Å². The van der Waals surface area contributed by atoms with Gasteiger partial charge in [0.2, 0.25) is 0 Å². The Morgan fingerprint density at radius 1 is 1.20 bits per heavy atom. The summed E-state index contributed by atoms with van der Waals surface area (Å²) >= 11 is 0. The average molecular weight is 211 g/mol. The quantitative estimate of drug-likeness (QED) is 0.366. The first-order valence-corrected chi connectivity index (χ1v) is 5.46. The minimum atomic E-state index is -0.287. The molecule has 0 N–H and O–H groups in total. The molecule has 0 fully saturated rings. The Morgan fingerprint density at radius 3 is 2.40 bits per heavy atom. The zero-order valence-corrected chi connectivity index (χ0v) is 9.90. The van der Waals surface area contributed by atoms with E-state index in [9.17, 15) is 4.79 Å². The van der Waals surface area contributed by atoms with Crippen molar-refractivity contribution in [2.45, 2.75) is 20.8 Å². The third-order valence-corrected chi connectivity index (χ3v) is 2.02. The molecular formula is C12H21NO2. The number of allylic oxidation sites excluding steroid dienone is 2. The van der Waals surface area contributed by atoms with E-state index in [4.69, 9.17) is 4.74 Å². The van der Waals surface area contributed by atoms with Crippen LogP contribution in [0.1, 0.15) is 20.8 Å². The van der Waals surface area contributed by atoms with Crippen LogP contribution >= 0.6 is 0 Å². The van der Waals surface area contributed by atoms with Gasteiger partial charge in [0.1, 0.15) is 0 Å². The van der Waals surface area contributed by atoms with E-state index >= 15 is 0 Å². The van der Waals surface area contributed by atoms with Crippen molar-refractivity contribution < 1.29 is 9.53 Å². The van der Waals surface area contributed by atoms with Gasteiger partial charge in [0.05, 0.1) is 6.61 Å². The van der Waals surface area contributed by atoms with Crippen LogP contribution in [-0.2, 0) is 9.53 Å². The van der Waals surface area contributed by atoms with Crippen molar-refractivity contribution in [2.75, 3.05) is 26.2 Å². The molecule has 0 spiro atoms. The number of carbonyl (C=O) groups is 1. The monoisotopic (exact) mass is 211 g/mol. The third-order valence-electron chi connectivity index (χ3n) is 2.02. The highest BCUT2D eigenvalue weighted by Crippen LogP contribution is 1.88. The molecule has 0 heterocycles. The molecule has 0 aliphatic rings. The van der Waals surface area contributed by atoms with Crippen molar-refractivity contribution in [2.24, 2.45) is 0 Å². The molecule has 0 unspecified atom stereocenters. The molecule has 0 aromatic carbocycles. The third kappa shape index (κ3) is 7.94. The van der Waals surface area contributed by atoms with E-state index in [1.807, 2.05) is 12.2 Å². The van der Waals surface area contributed by atoms with Gasteiger partial charge in [0, 0.05) is 12.6 Å². The molecule has 86 valence electrons. The normalized spacial score (nSPS) is 11.7. The lowest BCUT2D eigenvalue weighted by Crippen LogP contribution is -2.22. The van der Waals surface area contributed by atoms with E-state index in [0.717, 1.165) is 19.6 Å². The average Bonchev–Trinajstić information content (AvgIpc) is 2.24. The number of esters is 1. The Bertz CT molecular complexity index is 218. The van der Waals surface area contributed by atoms with Crippen LogP contribution in [-0.4, -0.2) is 37.1 Å². The number of likely N-dealkylation sites (N-methyl/N-ethyl adjacent to an activating group) is 1. The Hall–Kier alpha value is -1.09. The molecule has 0 aromatic heterocycles. The van der Waals surface area contributed by atoms with Crippen molar-refractivity contribution in [1.29, 1.82) is 0 Å². The van der Waals surface area contributed by atoms with E-state index in [0.29, 0.717) is 6.61 Å². The zero-order chi connectivity index (χ0) is 11.5. The molecule has 0 saturated carbocycles. The van der Waals surface area contributed by atoms with Crippen molar-refractivity contribution in [1.82, 2.24) is 4.90 Å². The van der Waals surface area contributed by atoms with Crippen LogP contribution in [0.2, 0.25) is 0 Å². The second-order valence-corrected chi connectivity index (χ2v) is 3.03. The number of ether oxygens (including phenoxy) is 1. The fourth-order valence-electron chi connectivity index (χ4n) is 1.09. The van der Waals surface area contributed by atoms with Crippen LogP contribution in [0.15, 0.2) is 24.3 Å². The maximum Gasteiger partial charge on any atom is 0.330 e. The molecule has 0 atom stereocenters. The number of hydrogen-bond acceptors (Lipinski definition) is 3. The van der Waals surface area contributed by atoms with Crippen LogP contribution < -0.4 is 0 Å². The van der Waals surface area contributed by atoms with E-state index < -0.39 is 0 Å². The summed E-state index contributed by atoms with van der Waals surface area (Å²) in [7, 11) is 0. The number of nitrogens with zero attached hydrogens (tertiary/aromatic N) is 1. The topological polar surface area (TPSA) is 29.5 Å². The van der Waals surface area contributed by atoms with Gasteiger partial charge in [-0.1, -0.05) is 32.1 Å². The predicted molar refractivity (Wildman–Crippen MR) is 62.7 cm³/mol. The summed E-state index contributed by atoms with van der Waals surface area (Å²) in [6, 6.07) is 0. The minimum absolute atomic E-state index is 0.287. The molecule has 0 aromatic rings. The zero-order valence-electron chi connectivity index (χ0n) is 9.90. The maximum absolute atomic E-state index is 10.9. The summed E-state index contributed by atoms with van der Waals surface area (Å²) in [4.78, 5) is 13.2. The lowest BCUT2D eigenvalue weighted by atomic mass is 10.4. The first-order chi connectivity index (χ1) is 7.24. The molecule has 0 aliphatic carbocycles. The number of carbonyl (C=O) groups excluding carboxylic acids is 1. The molecule has 0 amide bonds. The van der Waals surface area contributed by atoms with Gasteiger partial charge in [0.15, 0.2) is 0 Å². The van der Waals surface area contributed by atoms with Crippen molar-refractivity contribution in [3.8, 4) is 0 Å². The molecule has 0 rings (SSSR count). The number of hydrogen-bond donors (Lipinski definition) is 0. The molecular weight excluding hydrogens is 190 g/mol. The highest BCUT2D eigenvalue weighted by molar-refractivity contribution is 5.82. The first-order valence-electron chi connectivity index (χ1n) is 5.46. The van der Waals surface area contributed by atoms with Crippen LogP contribution in [0.5, 0.6) is 0 Å². The summed E-state index contributed by atoms with van der Waals surface area (Å²) in [5.74, 6) is -0.287. The molecule has 0 bridgehead atoms. The molecule has 0 aliphatic heterocycles. The van der Waals surface area contributed by atoms with E-state index in [1.54, 1.807) is 13.0 Å². The second-order valence-electron chi connectivity index (χ2n) is 3.03. The van der Waals surface area contributed by atoms with E-state index in [2.05, 4.69) is 18.7 Å². The predicted octanol–water partition coefficient (Wildman–Crippen LogP) is 2.00. The largest absolute Gasteiger partial charge is 0.463 e. The highest BCUT2D eigenvalue weighted by Gasteiger charge is 1.93. The fraction of sp³-hybridized carbons (Fsp3) is 0.583. The van der Waals surface area contributed by atoms with E-state index in [-0.39, 0.29) is 5.97 Å². The summed E-state index contributed by atoms with van der Waals surface area (Å²) in [6.45, 7) is 9.48. The standard InChI is InChI=1S/C12H21NO2/c1-4-13(5-2)11-9-7-8-10-12(14)15-6-3/h7-10H,4-6,11H2,1-3H3. The Labute approximate surface area is 92.4 Å². The van der Waals surface area contributed by atoms with Crippen molar-refractivity contribution in [3.05, 3.63) is 24.3 Å². The van der Waals surface area contributed by atoms with Gasteiger partial charge in [-0.05, 0) is 20.0 Å². The lowest BCUT2D eigenvalue weighted by molar-refractivity contribution is -0.137. The SMILES string of the molecule is CCOC(=O)C=CC=CCN(CC)CC. The van der Waals surface area contributed by atoms with Gasteiger partial charge < -0.3 is 9.64 Å². The van der Waals surface area contributed by atoms with Crippen LogP contribution in [0.4, 0.5) is 0 Å². The smallest absolute Gasteiger partial charge is 0.330 e. The van der Waals surface area contributed by atoms with Crippen molar-refractivity contribution >= 4 is 5.97 Å². The van der Waals surface area contributed by atoms with Gasteiger partial charge in [0.25, 0.3) is 0 Å². The van der Waals surface area contributed by atoms with Gasteiger partial charge in [-0.2, -0.15) is 0 Å². The van der Waals surface area contributed by atoms with Gasteiger partial charge in [-0.25, -0.2) is 4.79 Å². The van der Waals surface area contributed by atoms with Crippen molar-refractivity contribution in [3.63, 3.8) is 0 Å². The molecule has 3 nitrogen and oxygen atoms in total. The van der Waals surface area contributed by atoms with Crippen LogP contribution in [0.25, 0.3) is 0 Å². The molecule has 0 saturated heterocycles. The Kier molecular flexibility index (Phi) is 8.78. The molecule has 15 heavy (non-hydrogen) atoms. The summed E-state index contributed by atoms with van der Waals surface area (Å²) in [6.07, 6.45) is 7.04. The van der Waals surface area contributed by atoms with Crippen LogP contribution in [0, 0.1) is 0 Å². The Morgan fingerprint density at radius 2 is 1.87 bits per heavy atom. The molecule has 0 radical (unpaired) electrons. The van der Waals surface area contributed by atoms with Gasteiger partial charge in [-0.15, -0.1) is 0 Å². The second kappa shape index (κ2) is 9.46. The lowest BCUT2D eigenvalue weighted by Gasteiger charge is -2.14. The van der Waals surface area contributed by atoms with Crippen LogP contribution in [0.3, 0.4) is 0 Å².